The molecule has 0 saturated carbocycles. The van der Waals surface area contributed by atoms with Gasteiger partial charge in [-0.1, -0.05) is 36.4 Å². The first-order valence-corrected chi connectivity index (χ1v) is 11.3. The molecule has 0 aliphatic carbocycles. The third-order valence-electron chi connectivity index (χ3n) is 6.10. The van der Waals surface area contributed by atoms with Gasteiger partial charge in [0.2, 0.25) is 5.91 Å². The van der Waals surface area contributed by atoms with Gasteiger partial charge >= 0.3 is 0 Å². The minimum absolute atomic E-state index is 0.0200. The van der Waals surface area contributed by atoms with E-state index in [1.807, 2.05) is 30.3 Å². The SMILES string of the molecule is Cc1ncc(C(=O)NCc2ccccc2)c(C2CCN(C(=O)Cc3c(F)cccc3F)CC2)n1. The molecule has 1 saturated heterocycles. The molecule has 3 aromatic rings. The third kappa shape index (κ3) is 5.44. The molecule has 2 aromatic carbocycles. The number of halogens is 2. The summed E-state index contributed by atoms with van der Waals surface area (Å²) in [5.74, 6) is -1.44. The van der Waals surface area contributed by atoms with E-state index in [-0.39, 0.29) is 29.7 Å². The van der Waals surface area contributed by atoms with Crippen LogP contribution in [0.15, 0.2) is 54.7 Å². The lowest BCUT2D eigenvalue weighted by Gasteiger charge is -2.32. The molecule has 0 unspecified atom stereocenters. The Morgan fingerprint density at radius 3 is 2.38 bits per heavy atom. The van der Waals surface area contributed by atoms with Crippen LogP contribution in [0.4, 0.5) is 8.78 Å². The van der Waals surface area contributed by atoms with Gasteiger partial charge in [-0.05, 0) is 37.5 Å². The van der Waals surface area contributed by atoms with E-state index in [4.69, 9.17) is 0 Å². The molecule has 6 nitrogen and oxygen atoms in total. The Balaban J connectivity index is 1.41. The number of aryl methyl sites for hydroxylation is 1. The molecule has 1 aliphatic heterocycles. The largest absolute Gasteiger partial charge is 0.348 e. The molecular formula is C26H26F2N4O2. The molecule has 0 atom stereocenters. The molecule has 1 N–H and O–H groups in total. The molecule has 1 fully saturated rings. The van der Waals surface area contributed by atoms with Crippen LogP contribution in [0, 0.1) is 18.6 Å². The van der Waals surface area contributed by atoms with E-state index in [1.165, 1.54) is 6.07 Å². The van der Waals surface area contributed by atoms with Crippen molar-refractivity contribution in [3.05, 3.63) is 94.6 Å². The van der Waals surface area contributed by atoms with Gasteiger partial charge in [0, 0.05) is 37.3 Å². The summed E-state index contributed by atoms with van der Waals surface area (Å²) in [5.41, 5.74) is 1.88. The molecule has 8 heteroatoms. The van der Waals surface area contributed by atoms with E-state index in [0.717, 1.165) is 17.7 Å². The lowest BCUT2D eigenvalue weighted by Crippen LogP contribution is -2.39. The molecule has 4 rings (SSSR count). The summed E-state index contributed by atoms with van der Waals surface area (Å²) in [5, 5.41) is 2.92. The summed E-state index contributed by atoms with van der Waals surface area (Å²) >= 11 is 0. The normalized spacial score (nSPS) is 14.1. The molecule has 1 aliphatic rings. The van der Waals surface area contributed by atoms with Gasteiger partial charge < -0.3 is 10.2 Å². The van der Waals surface area contributed by atoms with Crippen LogP contribution in [0.5, 0.6) is 0 Å². The fourth-order valence-electron chi connectivity index (χ4n) is 4.21. The lowest BCUT2D eigenvalue weighted by molar-refractivity contribution is -0.131. The maximum absolute atomic E-state index is 13.9. The van der Waals surface area contributed by atoms with Crippen LogP contribution in [-0.2, 0) is 17.8 Å². The van der Waals surface area contributed by atoms with Crippen molar-refractivity contribution in [2.45, 2.75) is 38.6 Å². The Morgan fingerprint density at radius 1 is 1.03 bits per heavy atom. The number of carbonyl (C=O) groups excluding carboxylic acids is 2. The van der Waals surface area contributed by atoms with Crippen molar-refractivity contribution >= 4 is 11.8 Å². The Kier molecular flexibility index (Phi) is 7.25. The molecule has 176 valence electrons. The average molecular weight is 465 g/mol. The zero-order chi connectivity index (χ0) is 24.1. The van der Waals surface area contributed by atoms with Crippen LogP contribution >= 0.6 is 0 Å². The fraction of sp³-hybridized carbons (Fsp3) is 0.308. The summed E-state index contributed by atoms with van der Waals surface area (Å²) < 4.78 is 27.9. The first kappa shape index (κ1) is 23.5. The van der Waals surface area contributed by atoms with E-state index >= 15 is 0 Å². The Labute approximate surface area is 197 Å². The first-order chi connectivity index (χ1) is 16.4. The summed E-state index contributed by atoms with van der Waals surface area (Å²) in [6, 6.07) is 13.2. The van der Waals surface area contributed by atoms with Crippen molar-refractivity contribution in [3.63, 3.8) is 0 Å². The minimum atomic E-state index is -0.717. The van der Waals surface area contributed by atoms with Gasteiger partial charge in [0.05, 0.1) is 17.7 Å². The van der Waals surface area contributed by atoms with E-state index in [0.29, 0.717) is 49.6 Å². The zero-order valence-electron chi connectivity index (χ0n) is 18.9. The van der Waals surface area contributed by atoms with Gasteiger partial charge in [-0.15, -0.1) is 0 Å². The second-order valence-corrected chi connectivity index (χ2v) is 8.42. The van der Waals surface area contributed by atoms with E-state index in [2.05, 4.69) is 15.3 Å². The van der Waals surface area contributed by atoms with Crippen LogP contribution in [0.25, 0.3) is 0 Å². The second kappa shape index (κ2) is 10.5. The number of rotatable bonds is 6. The Bertz CT molecular complexity index is 1160. The summed E-state index contributed by atoms with van der Waals surface area (Å²) in [4.78, 5) is 36.0. The smallest absolute Gasteiger partial charge is 0.254 e. The van der Waals surface area contributed by atoms with E-state index in [9.17, 15) is 18.4 Å². The van der Waals surface area contributed by atoms with Gasteiger partial charge in [-0.2, -0.15) is 0 Å². The number of hydrogen-bond acceptors (Lipinski definition) is 4. The molecule has 0 radical (unpaired) electrons. The van der Waals surface area contributed by atoms with Gasteiger partial charge in [-0.25, -0.2) is 18.7 Å². The summed E-state index contributed by atoms with van der Waals surface area (Å²) in [6.07, 6.45) is 2.43. The monoisotopic (exact) mass is 464 g/mol. The molecule has 2 heterocycles. The lowest BCUT2D eigenvalue weighted by atomic mass is 9.90. The van der Waals surface area contributed by atoms with E-state index in [1.54, 1.807) is 18.0 Å². The minimum Gasteiger partial charge on any atom is -0.348 e. The van der Waals surface area contributed by atoms with Crippen molar-refractivity contribution in [1.29, 1.82) is 0 Å². The number of carbonyl (C=O) groups is 2. The number of piperidine rings is 1. The highest BCUT2D eigenvalue weighted by molar-refractivity contribution is 5.95. The van der Waals surface area contributed by atoms with Crippen LogP contribution in [-0.4, -0.2) is 39.8 Å². The van der Waals surface area contributed by atoms with Crippen LogP contribution in [0.1, 0.15) is 51.8 Å². The van der Waals surface area contributed by atoms with E-state index < -0.39 is 11.6 Å². The molecule has 0 spiro atoms. The number of benzene rings is 2. The number of hydrogen-bond donors (Lipinski definition) is 1. The number of amides is 2. The van der Waals surface area contributed by atoms with Crippen LogP contribution < -0.4 is 5.32 Å². The topological polar surface area (TPSA) is 75.2 Å². The van der Waals surface area contributed by atoms with Crippen molar-refractivity contribution in [3.8, 4) is 0 Å². The van der Waals surface area contributed by atoms with Crippen molar-refractivity contribution in [2.75, 3.05) is 13.1 Å². The van der Waals surface area contributed by atoms with Gasteiger partial charge in [-0.3, -0.25) is 9.59 Å². The number of nitrogens with one attached hydrogen (secondary N) is 1. The standard InChI is InChI=1S/C26H26F2N4O2/c1-17-29-16-21(26(34)30-15-18-6-3-2-4-7-18)25(31-17)19-10-12-32(13-11-19)24(33)14-20-22(27)8-5-9-23(20)28/h2-9,16,19H,10-15H2,1H3,(H,30,34). The Morgan fingerprint density at radius 2 is 1.71 bits per heavy atom. The predicted octanol–water partition coefficient (Wildman–Crippen LogP) is 3.94. The highest BCUT2D eigenvalue weighted by atomic mass is 19.1. The van der Waals surface area contributed by atoms with Crippen LogP contribution in [0.3, 0.4) is 0 Å². The average Bonchev–Trinajstić information content (AvgIpc) is 2.85. The summed E-state index contributed by atoms with van der Waals surface area (Å²) in [7, 11) is 0. The van der Waals surface area contributed by atoms with Gasteiger partial charge in [0.25, 0.3) is 5.91 Å². The van der Waals surface area contributed by atoms with Gasteiger partial charge in [0.15, 0.2) is 0 Å². The zero-order valence-corrected chi connectivity index (χ0v) is 18.9. The molecule has 2 amide bonds. The van der Waals surface area contributed by atoms with Crippen molar-refractivity contribution < 1.29 is 18.4 Å². The number of aromatic nitrogens is 2. The number of nitrogens with zero attached hydrogens (tertiary/aromatic N) is 3. The maximum atomic E-state index is 13.9. The second-order valence-electron chi connectivity index (χ2n) is 8.42. The maximum Gasteiger partial charge on any atom is 0.254 e. The molecule has 1 aromatic heterocycles. The quantitative estimate of drug-likeness (QED) is 0.600. The Hall–Kier alpha value is -3.68. The predicted molar refractivity (Wildman–Crippen MR) is 123 cm³/mol. The molecule has 34 heavy (non-hydrogen) atoms. The van der Waals surface area contributed by atoms with Crippen LogP contribution in [0.2, 0.25) is 0 Å². The van der Waals surface area contributed by atoms with Crippen molar-refractivity contribution in [2.24, 2.45) is 0 Å². The summed E-state index contributed by atoms with van der Waals surface area (Å²) in [6.45, 7) is 3.02. The first-order valence-electron chi connectivity index (χ1n) is 11.3. The number of likely N-dealkylation sites (tertiary alicyclic amines) is 1. The van der Waals surface area contributed by atoms with Crippen molar-refractivity contribution in [1.82, 2.24) is 20.2 Å². The third-order valence-corrected chi connectivity index (χ3v) is 6.10. The molecule has 0 bridgehead atoms. The molecular weight excluding hydrogens is 438 g/mol. The highest BCUT2D eigenvalue weighted by Crippen LogP contribution is 2.29. The highest BCUT2D eigenvalue weighted by Gasteiger charge is 2.29. The fourth-order valence-corrected chi connectivity index (χ4v) is 4.21. The van der Waals surface area contributed by atoms with Gasteiger partial charge in [0.1, 0.15) is 17.5 Å².